The molecule has 3 rings (SSSR count). The highest BCUT2D eigenvalue weighted by Crippen LogP contribution is 2.25. The summed E-state index contributed by atoms with van der Waals surface area (Å²) in [5, 5.41) is 5.37. The minimum Gasteiger partial charge on any atom is -0.483 e. The first-order chi connectivity index (χ1) is 14.5. The number of nitrogens with one attached hydrogen (secondary N) is 1. The molecule has 6 heteroatoms. The zero-order valence-electron chi connectivity index (χ0n) is 17.1. The molecule has 5 nitrogen and oxygen atoms in total. The van der Waals surface area contributed by atoms with Gasteiger partial charge in [0.1, 0.15) is 11.8 Å². The van der Waals surface area contributed by atoms with Crippen LogP contribution in [0, 0.1) is 0 Å². The third-order valence-electron chi connectivity index (χ3n) is 4.89. The number of benzene rings is 3. The number of amides is 2. The quantitative estimate of drug-likeness (QED) is 0.582. The monoisotopic (exact) mass is 424 g/mol. The third-order valence-corrected chi connectivity index (χ3v) is 5.14. The normalized spacial score (nSPS) is 11.7. The molecular weight excluding hydrogens is 400 g/mol. The molecule has 156 valence electrons. The second-order valence-electron chi connectivity index (χ2n) is 6.98. The molecule has 30 heavy (non-hydrogen) atoms. The molecule has 0 radical (unpaired) electrons. The van der Waals surface area contributed by atoms with Crippen LogP contribution < -0.4 is 10.1 Å². The minimum absolute atomic E-state index is 0.161. The number of hydrogen-bond acceptors (Lipinski definition) is 3. The highest BCUT2D eigenvalue weighted by molar-refractivity contribution is 6.30. The summed E-state index contributed by atoms with van der Waals surface area (Å²) >= 11 is 5.97. The van der Waals surface area contributed by atoms with Crippen molar-refractivity contribution in [3.05, 3.63) is 77.3 Å². The van der Waals surface area contributed by atoms with Crippen LogP contribution in [0.25, 0.3) is 10.8 Å². The Labute approximate surface area is 181 Å². The van der Waals surface area contributed by atoms with Crippen molar-refractivity contribution in [1.29, 1.82) is 0 Å². The van der Waals surface area contributed by atoms with Crippen LogP contribution >= 0.6 is 11.6 Å². The van der Waals surface area contributed by atoms with E-state index in [1.54, 1.807) is 19.1 Å². The van der Waals surface area contributed by atoms with Gasteiger partial charge in [0.15, 0.2) is 6.61 Å². The summed E-state index contributed by atoms with van der Waals surface area (Å²) in [6, 6.07) is 20.2. The number of nitrogens with zero attached hydrogens (tertiary/aromatic N) is 1. The number of likely N-dealkylation sites (N-methyl/N-ethyl adjacent to an activating group) is 1. The molecule has 0 spiro atoms. The zero-order valence-corrected chi connectivity index (χ0v) is 17.9. The number of ether oxygens (including phenoxy) is 1. The second kappa shape index (κ2) is 10.1. The molecule has 0 aromatic heterocycles. The van der Waals surface area contributed by atoms with Gasteiger partial charge in [-0.2, -0.15) is 0 Å². The lowest BCUT2D eigenvalue weighted by Gasteiger charge is -2.28. The van der Waals surface area contributed by atoms with Crippen molar-refractivity contribution >= 4 is 34.2 Å². The van der Waals surface area contributed by atoms with Crippen molar-refractivity contribution in [2.75, 3.05) is 13.2 Å². The summed E-state index contributed by atoms with van der Waals surface area (Å²) in [5.41, 5.74) is 0.883. The molecule has 1 atom stereocenters. The largest absolute Gasteiger partial charge is 0.483 e. The van der Waals surface area contributed by atoms with E-state index in [1.165, 1.54) is 4.90 Å². The fourth-order valence-electron chi connectivity index (χ4n) is 3.24. The van der Waals surface area contributed by atoms with Gasteiger partial charge in [0, 0.05) is 23.5 Å². The molecule has 0 saturated carbocycles. The Morgan fingerprint density at radius 3 is 2.47 bits per heavy atom. The van der Waals surface area contributed by atoms with Gasteiger partial charge in [0.05, 0.1) is 0 Å². The average Bonchev–Trinajstić information content (AvgIpc) is 2.76. The van der Waals surface area contributed by atoms with Crippen LogP contribution in [-0.2, 0) is 16.1 Å². The maximum Gasteiger partial charge on any atom is 0.261 e. The number of hydrogen-bond donors (Lipinski definition) is 1. The molecule has 0 aliphatic carbocycles. The Kier molecular flexibility index (Phi) is 7.31. The lowest BCUT2D eigenvalue weighted by Crippen LogP contribution is -2.49. The predicted octanol–water partition coefficient (Wildman–Crippen LogP) is 4.43. The van der Waals surface area contributed by atoms with Crippen molar-refractivity contribution in [2.45, 2.75) is 26.4 Å². The number of halogens is 1. The Bertz CT molecular complexity index is 1020. The predicted molar refractivity (Wildman–Crippen MR) is 120 cm³/mol. The standard InChI is InChI=1S/C24H25ClN2O3/c1-3-26-24(29)17(2)27(15-18-11-13-20(25)14-12-18)23(28)16-30-22-10-6-8-19-7-4-5-9-21(19)22/h4-14,17H,3,15-16H2,1-2H3,(H,26,29)/t17-/m0/s1. The van der Waals surface area contributed by atoms with Gasteiger partial charge in [-0.25, -0.2) is 0 Å². The van der Waals surface area contributed by atoms with Gasteiger partial charge >= 0.3 is 0 Å². The van der Waals surface area contributed by atoms with Crippen molar-refractivity contribution < 1.29 is 14.3 Å². The summed E-state index contributed by atoms with van der Waals surface area (Å²) in [5.74, 6) is 0.167. The van der Waals surface area contributed by atoms with Gasteiger partial charge in [0.2, 0.25) is 5.91 Å². The van der Waals surface area contributed by atoms with Gasteiger partial charge in [0.25, 0.3) is 5.91 Å². The molecule has 3 aromatic carbocycles. The second-order valence-corrected chi connectivity index (χ2v) is 7.42. The van der Waals surface area contributed by atoms with Crippen LogP contribution in [0.15, 0.2) is 66.7 Å². The first-order valence-corrected chi connectivity index (χ1v) is 10.3. The number of rotatable bonds is 8. The SMILES string of the molecule is CCNC(=O)[C@H](C)N(Cc1ccc(Cl)cc1)C(=O)COc1cccc2ccccc12. The highest BCUT2D eigenvalue weighted by Gasteiger charge is 2.26. The summed E-state index contributed by atoms with van der Waals surface area (Å²) < 4.78 is 5.86. The van der Waals surface area contributed by atoms with E-state index in [2.05, 4.69) is 5.32 Å². The fourth-order valence-corrected chi connectivity index (χ4v) is 3.36. The van der Waals surface area contributed by atoms with E-state index in [-0.39, 0.29) is 25.0 Å². The molecule has 3 aromatic rings. The zero-order chi connectivity index (χ0) is 21.5. The first-order valence-electron chi connectivity index (χ1n) is 9.91. The Morgan fingerprint density at radius 2 is 1.73 bits per heavy atom. The maximum atomic E-state index is 13.1. The summed E-state index contributed by atoms with van der Waals surface area (Å²) in [6.07, 6.45) is 0. The number of fused-ring (bicyclic) bond motifs is 1. The van der Waals surface area contributed by atoms with E-state index in [4.69, 9.17) is 16.3 Å². The molecule has 2 amide bonds. The summed E-state index contributed by atoms with van der Waals surface area (Å²) in [7, 11) is 0. The van der Waals surface area contributed by atoms with Crippen molar-refractivity contribution in [2.24, 2.45) is 0 Å². The van der Waals surface area contributed by atoms with Crippen molar-refractivity contribution in [3.8, 4) is 5.75 Å². The van der Waals surface area contributed by atoms with Crippen LogP contribution in [0.1, 0.15) is 19.4 Å². The van der Waals surface area contributed by atoms with E-state index >= 15 is 0 Å². The van der Waals surface area contributed by atoms with Crippen molar-refractivity contribution in [1.82, 2.24) is 10.2 Å². The van der Waals surface area contributed by atoms with Crippen LogP contribution in [0.2, 0.25) is 5.02 Å². The van der Waals surface area contributed by atoms with E-state index in [0.717, 1.165) is 16.3 Å². The highest BCUT2D eigenvalue weighted by atomic mass is 35.5. The average molecular weight is 425 g/mol. The third kappa shape index (κ3) is 5.30. The minimum atomic E-state index is -0.635. The van der Waals surface area contributed by atoms with Gasteiger partial charge in [-0.3, -0.25) is 9.59 Å². The number of carbonyl (C=O) groups excluding carboxylic acids is 2. The smallest absolute Gasteiger partial charge is 0.261 e. The molecule has 0 aliphatic heterocycles. The topological polar surface area (TPSA) is 58.6 Å². The molecule has 0 bridgehead atoms. The lowest BCUT2D eigenvalue weighted by atomic mass is 10.1. The summed E-state index contributed by atoms with van der Waals surface area (Å²) in [6.45, 7) is 4.19. The van der Waals surface area contributed by atoms with Crippen LogP contribution in [0.3, 0.4) is 0 Å². The van der Waals surface area contributed by atoms with E-state index < -0.39 is 6.04 Å². The van der Waals surface area contributed by atoms with Gasteiger partial charge in [-0.05, 0) is 43.0 Å². The lowest BCUT2D eigenvalue weighted by molar-refractivity contribution is -0.142. The van der Waals surface area contributed by atoms with Crippen molar-refractivity contribution in [3.63, 3.8) is 0 Å². The van der Waals surface area contributed by atoms with Crippen LogP contribution in [-0.4, -0.2) is 35.9 Å². The molecular formula is C24H25ClN2O3. The van der Waals surface area contributed by atoms with Crippen LogP contribution in [0.5, 0.6) is 5.75 Å². The number of carbonyl (C=O) groups is 2. The molecule has 0 saturated heterocycles. The fraction of sp³-hybridized carbons (Fsp3) is 0.250. The molecule has 0 fully saturated rings. The Morgan fingerprint density at radius 1 is 1.03 bits per heavy atom. The first kappa shape index (κ1) is 21.7. The summed E-state index contributed by atoms with van der Waals surface area (Å²) in [4.78, 5) is 27.0. The molecule has 0 aliphatic rings. The molecule has 0 unspecified atom stereocenters. The molecule has 0 heterocycles. The van der Waals surface area contributed by atoms with E-state index in [0.29, 0.717) is 17.3 Å². The van der Waals surface area contributed by atoms with E-state index in [1.807, 2.05) is 61.5 Å². The van der Waals surface area contributed by atoms with E-state index in [9.17, 15) is 9.59 Å². The Hall–Kier alpha value is -3.05. The van der Waals surface area contributed by atoms with Gasteiger partial charge < -0.3 is 15.0 Å². The maximum absolute atomic E-state index is 13.1. The van der Waals surface area contributed by atoms with Gasteiger partial charge in [-0.15, -0.1) is 0 Å². The van der Waals surface area contributed by atoms with Crippen LogP contribution in [0.4, 0.5) is 0 Å². The van der Waals surface area contributed by atoms with Gasteiger partial charge in [-0.1, -0.05) is 60.1 Å². The Balaban J connectivity index is 1.78. The molecule has 1 N–H and O–H groups in total.